The molecule has 1 aromatic carbocycles. The molecule has 2 rings (SSSR count). The molecule has 26 heavy (non-hydrogen) atoms. The van der Waals surface area contributed by atoms with E-state index in [1.54, 1.807) is 0 Å². The Kier molecular flexibility index (Phi) is 5.35. The minimum absolute atomic E-state index is 0.248. The average Bonchev–Trinajstić information content (AvgIpc) is 2.56. The lowest BCUT2D eigenvalue weighted by molar-refractivity contribution is -0.140. The number of guanidine groups is 2. The molecule has 0 spiro atoms. The van der Waals surface area contributed by atoms with Crippen LogP contribution in [0.2, 0.25) is 5.02 Å². The zero-order valence-corrected chi connectivity index (χ0v) is 13.3. The van der Waals surface area contributed by atoms with Gasteiger partial charge in [0.2, 0.25) is 5.96 Å². The van der Waals surface area contributed by atoms with E-state index in [-0.39, 0.29) is 5.69 Å². The van der Waals surface area contributed by atoms with E-state index in [4.69, 9.17) is 27.9 Å². The second kappa shape index (κ2) is 7.31. The number of anilines is 1. The Morgan fingerprint density at radius 3 is 2.38 bits per heavy atom. The lowest BCUT2D eigenvalue weighted by atomic mass is 10.2. The average molecular weight is 392 g/mol. The molecule has 0 bridgehead atoms. The second-order valence-electron chi connectivity index (χ2n) is 4.53. The van der Waals surface area contributed by atoms with Crippen molar-refractivity contribution >= 4 is 41.1 Å². The second-order valence-corrected chi connectivity index (χ2v) is 4.94. The van der Waals surface area contributed by atoms with Crippen LogP contribution in [0.4, 0.5) is 18.9 Å². The number of carbonyl (C=O) groups is 2. The summed E-state index contributed by atoms with van der Waals surface area (Å²) in [5.74, 6) is -3.43. The first-order valence-corrected chi connectivity index (χ1v) is 6.91. The topological polar surface area (TPSA) is 133 Å². The Hall–Kier alpha value is -3.28. The van der Waals surface area contributed by atoms with Crippen molar-refractivity contribution in [1.29, 1.82) is 0 Å². The quantitative estimate of drug-likeness (QED) is 0.689. The Balaban J connectivity index is 2.50. The predicted octanol–water partition coefficient (Wildman–Crippen LogP) is 1.28. The summed E-state index contributed by atoms with van der Waals surface area (Å²) in [5, 5.41) is 3.20. The van der Waals surface area contributed by atoms with E-state index in [1.807, 2.05) is 0 Å². The third kappa shape index (κ3) is 4.63. The van der Waals surface area contributed by atoms with Gasteiger partial charge in [-0.2, -0.15) is 18.2 Å². The number of rotatable bonds is 1. The number of nitrogens with zero attached hydrogens (tertiary/aromatic N) is 3. The van der Waals surface area contributed by atoms with Crippen LogP contribution in [0.15, 0.2) is 40.5 Å². The Bertz CT molecular complexity index is 838. The zero-order valence-electron chi connectivity index (χ0n) is 12.5. The predicted molar refractivity (Wildman–Crippen MR) is 83.5 cm³/mol. The van der Waals surface area contributed by atoms with Crippen LogP contribution in [0.1, 0.15) is 5.56 Å². The van der Waals surface area contributed by atoms with Gasteiger partial charge in [-0.15, -0.1) is 5.06 Å². The third-order valence-corrected chi connectivity index (χ3v) is 3.00. The number of benzene rings is 1. The van der Waals surface area contributed by atoms with Crippen LogP contribution in [0.25, 0.3) is 0 Å². The molecule has 9 nitrogen and oxygen atoms in total. The normalized spacial score (nSPS) is 21.5. The van der Waals surface area contributed by atoms with Crippen molar-refractivity contribution in [3.8, 4) is 0 Å². The number of hydroxylamine groups is 1. The number of nitrogens with two attached hydrogens (primary N) is 2. The number of alkyl halides is 3. The van der Waals surface area contributed by atoms with Gasteiger partial charge in [-0.25, -0.2) is 9.59 Å². The van der Waals surface area contributed by atoms with E-state index in [0.29, 0.717) is 29.3 Å². The smallest absolute Gasteiger partial charge is 0.367 e. The molecule has 0 unspecified atom stereocenters. The molecule has 0 aromatic heterocycles. The number of oxime groups is 1. The van der Waals surface area contributed by atoms with Crippen LogP contribution in [-0.2, 0) is 25.4 Å². The zero-order chi connectivity index (χ0) is 19.5. The van der Waals surface area contributed by atoms with Crippen molar-refractivity contribution in [3.05, 3.63) is 40.9 Å². The highest BCUT2D eigenvalue weighted by Crippen LogP contribution is 2.35. The Morgan fingerprint density at radius 2 is 1.77 bits per heavy atom. The maximum absolute atomic E-state index is 12.7. The SMILES string of the molecule is NC1=N\OC(=O)/C=C/C(=O)ON(c2ccc(C(F)(F)F)cc2Cl)\C(N)=N\1. The van der Waals surface area contributed by atoms with Gasteiger partial charge in [-0.3, -0.25) is 0 Å². The lowest BCUT2D eigenvalue weighted by Crippen LogP contribution is -2.40. The number of halogens is 4. The minimum atomic E-state index is -4.64. The Labute approximate surface area is 148 Å². The van der Waals surface area contributed by atoms with Crippen LogP contribution >= 0.6 is 11.6 Å². The van der Waals surface area contributed by atoms with Crippen molar-refractivity contribution in [2.24, 2.45) is 21.6 Å². The first kappa shape index (κ1) is 19.1. The molecule has 0 aliphatic carbocycles. The molecule has 0 amide bonds. The van der Waals surface area contributed by atoms with Gasteiger partial charge in [0, 0.05) is 12.2 Å². The van der Waals surface area contributed by atoms with Gasteiger partial charge < -0.3 is 21.1 Å². The Morgan fingerprint density at radius 1 is 1.12 bits per heavy atom. The van der Waals surface area contributed by atoms with E-state index in [1.165, 1.54) is 0 Å². The van der Waals surface area contributed by atoms with Gasteiger partial charge in [0.15, 0.2) is 0 Å². The first-order chi connectivity index (χ1) is 12.1. The van der Waals surface area contributed by atoms with Crippen molar-refractivity contribution in [1.82, 2.24) is 0 Å². The molecule has 138 valence electrons. The van der Waals surface area contributed by atoms with Gasteiger partial charge in [0.1, 0.15) is 5.69 Å². The minimum Gasteiger partial charge on any atom is -0.367 e. The summed E-state index contributed by atoms with van der Waals surface area (Å²) in [6, 6.07) is 2.19. The molecular weight excluding hydrogens is 383 g/mol. The van der Waals surface area contributed by atoms with E-state index >= 15 is 0 Å². The summed E-state index contributed by atoms with van der Waals surface area (Å²) in [6.45, 7) is 0. The summed E-state index contributed by atoms with van der Waals surface area (Å²) in [6.07, 6.45) is -3.30. The van der Waals surface area contributed by atoms with Gasteiger partial charge >= 0.3 is 18.1 Å². The van der Waals surface area contributed by atoms with Crippen molar-refractivity contribution in [2.45, 2.75) is 6.18 Å². The van der Waals surface area contributed by atoms with Crippen molar-refractivity contribution in [2.75, 3.05) is 5.06 Å². The van der Waals surface area contributed by atoms with Crippen molar-refractivity contribution in [3.63, 3.8) is 0 Å². The van der Waals surface area contributed by atoms with Crippen LogP contribution in [0, 0.1) is 0 Å². The first-order valence-electron chi connectivity index (χ1n) is 6.53. The summed E-state index contributed by atoms with van der Waals surface area (Å²) in [7, 11) is 0. The number of hydrogen-bond donors (Lipinski definition) is 2. The molecule has 0 radical (unpaired) electrons. The molecule has 0 atom stereocenters. The fourth-order valence-electron chi connectivity index (χ4n) is 1.63. The highest BCUT2D eigenvalue weighted by Gasteiger charge is 2.32. The van der Waals surface area contributed by atoms with E-state index in [9.17, 15) is 22.8 Å². The van der Waals surface area contributed by atoms with Crippen LogP contribution < -0.4 is 16.5 Å². The maximum Gasteiger partial charge on any atom is 0.416 e. The fourth-order valence-corrected chi connectivity index (χ4v) is 1.89. The van der Waals surface area contributed by atoms with E-state index < -0.39 is 40.6 Å². The highest BCUT2D eigenvalue weighted by atomic mass is 35.5. The van der Waals surface area contributed by atoms with Crippen LogP contribution in [-0.4, -0.2) is 23.9 Å². The standard InChI is InChI=1S/C13H9ClF3N5O4/c14-7-5-6(13(15,16)17)1-2-8(7)22-12(19)20-11(18)21-25-9(23)3-4-10(24)26-22/h1-5H,(H4,18,19,20,21)/b4-3+. The van der Waals surface area contributed by atoms with Gasteiger partial charge in [-0.1, -0.05) is 11.6 Å². The molecular formula is C13H9ClF3N5O4. The molecule has 1 heterocycles. The number of carbonyl (C=O) groups excluding carboxylic acids is 2. The molecule has 0 saturated carbocycles. The van der Waals surface area contributed by atoms with Gasteiger partial charge in [0.05, 0.1) is 10.6 Å². The van der Waals surface area contributed by atoms with E-state index in [2.05, 4.69) is 15.0 Å². The van der Waals surface area contributed by atoms with Crippen LogP contribution in [0.5, 0.6) is 0 Å². The monoisotopic (exact) mass is 391 g/mol. The summed E-state index contributed by atoms with van der Waals surface area (Å²) < 4.78 is 38.2. The highest BCUT2D eigenvalue weighted by molar-refractivity contribution is 6.34. The fraction of sp³-hybridized carbons (Fsp3) is 0.0769. The van der Waals surface area contributed by atoms with Gasteiger partial charge in [0.25, 0.3) is 5.96 Å². The summed E-state index contributed by atoms with van der Waals surface area (Å²) >= 11 is 5.84. The number of aliphatic imine (C=N–C) groups is 1. The molecule has 0 saturated heterocycles. The number of hydrogen-bond acceptors (Lipinski definition) is 9. The molecule has 1 aliphatic heterocycles. The maximum atomic E-state index is 12.7. The largest absolute Gasteiger partial charge is 0.416 e. The van der Waals surface area contributed by atoms with Crippen molar-refractivity contribution < 1.29 is 32.4 Å². The molecule has 1 aromatic rings. The third-order valence-electron chi connectivity index (χ3n) is 2.70. The summed E-state index contributed by atoms with van der Waals surface area (Å²) in [5.41, 5.74) is 9.69. The molecule has 13 heteroatoms. The molecule has 1 aliphatic rings. The summed E-state index contributed by atoms with van der Waals surface area (Å²) in [4.78, 5) is 35.6. The lowest BCUT2D eigenvalue weighted by Gasteiger charge is -2.22. The molecule has 0 fully saturated rings. The van der Waals surface area contributed by atoms with E-state index in [0.717, 1.165) is 6.07 Å². The molecule has 4 N–H and O–H groups in total. The van der Waals surface area contributed by atoms with Crippen LogP contribution in [0.3, 0.4) is 0 Å². The van der Waals surface area contributed by atoms with Gasteiger partial charge in [-0.05, 0) is 23.4 Å².